The molecule has 7 nitrogen and oxygen atoms in total. The number of carbonyl (C=O) groups is 3. The molecule has 5 rings (SSSR count). The van der Waals surface area contributed by atoms with Gasteiger partial charge in [-0.1, -0.05) is 36.4 Å². The normalized spacial score (nSPS) is 12.8. The largest absolute Gasteiger partial charge is 0.459 e. The van der Waals surface area contributed by atoms with Gasteiger partial charge in [0.05, 0.1) is 17.5 Å². The van der Waals surface area contributed by atoms with Gasteiger partial charge in [-0.15, -0.1) is 0 Å². The van der Waals surface area contributed by atoms with E-state index in [0.717, 1.165) is 29.2 Å². The highest BCUT2D eigenvalue weighted by Crippen LogP contribution is 2.32. The van der Waals surface area contributed by atoms with Gasteiger partial charge in [0.2, 0.25) is 5.91 Å². The average Bonchev–Trinajstić information content (AvgIpc) is 3.56. The SMILES string of the molecule is O=C(Nc1ccc(CNC(=O)c2cc3ccccc3cc2NC(=O)C2CC2)cc1)c1ccco1. The van der Waals surface area contributed by atoms with Crippen molar-refractivity contribution < 1.29 is 18.8 Å². The van der Waals surface area contributed by atoms with Crippen molar-refractivity contribution in [2.45, 2.75) is 19.4 Å². The second-order valence-electron chi connectivity index (χ2n) is 8.32. The predicted molar refractivity (Wildman–Crippen MR) is 130 cm³/mol. The zero-order chi connectivity index (χ0) is 23.5. The predicted octanol–water partition coefficient (Wildman–Crippen LogP) is 4.96. The Morgan fingerprint density at radius 2 is 1.56 bits per heavy atom. The molecule has 0 bridgehead atoms. The molecule has 1 aromatic heterocycles. The molecule has 0 unspecified atom stereocenters. The van der Waals surface area contributed by atoms with Crippen LogP contribution in [-0.2, 0) is 11.3 Å². The first-order valence-electron chi connectivity index (χ1n) is 11.1. The molecule has 1 saturated carbocycles. The quantitative estimate of drug-likeness (QED) is 0.368. The van der Waals surface area contributed by atoms with Gasteiger partial charge >= 0.3 is 0 Å². The summed E-state index contributed by atoms with van der Waals surface area (Å²) in [6.45, 7) is 0.300. The molecule has 1 aliphatic carbocycles. The van der Waals surface area contributed by atoms with Gasteiger partial charge in [0.25, 0.3) is 11.8 Å². The lowest BCUT2D eigenvalue weighted by Crippen LogP contribution is -2.25. The van der Waals surface area contributed by atoms with E-state index in [1.54, 1.807) is 30.3 Å². The fraction of sp³-hybridized carbons (Fsp3) is 0.148. The van der Waals surface area contributed by atoms with Gasteiger partial charge in [-0.3, -0.25) is 14.4 Å². The number of anilines is 2. The van der Waals surface area contributed by atoms with Crippen LogP contribution >= 0.6 is 0 Å². The van der Waals surface area contributed by atoms with Crippen LogP contribution in [0.4, 0.5) is 11.4 Å². The number of hydrogen-bond acceptors (Lipinski definition) is 4. The third kappa shape index (κ3) is 4.83. The molecule has 3 aromatic carbocycles. The number of hydrogen-bond donors (Lipinski definition) is 3. The van der Waals surface area contributed by atoms with Crippen molar-refractivity contribution >= 4 is 39.9 Å². The number of rotatable bonds is 7. The van der Waals surface area contributed by atoms with E-state index >= 15 is 0 Å². The molecule has 3 amide bonds. The van der Waals surface area contributed by atoms with Gasteiger partial charge in [0.15, 0.2) is 5.76 Å². The third-order valence-electron chi connectivity index (χ3n) is 5.75. The highest BCUT2D eigenvalue weighted by Gasteiger charge is 2.30. The van der Waals surface area contributed by atoms with Crippen LogP contribution in [0.5, 0.6) is 0 Å². The lowest BCUT2D eigenvalue weighted by molar-refractivity contribution is -0.117. The van der Waals surface area contributed by atoms with Gasteiger partial charge in [-0.25, -0.2) is 0 Å². The highest BCUT2D eigenvalue weighted by atomic mass is 16.3. The minimum atomic E-state index is -0.330. The van der Waals surface area contributed by atoms with Crippen LogP contribution in [0, 0.1) is 5.92 Å². The standard InChI is InChI=1S/C27H23N3O4/c31-25(18-9-10-18)30-23-15-20-5-2-1-4-19(20)14-22(23)26(32)28-16-17-7-11-21(12-8-17)29-27(33)24-6-3-13-34-24/h1-8,11-15,18H,9-10,16H2,(H,28,32)(H,29,33)(H,30,31). The molecule has 3 N–H and O–H groups in total. The second kappa shape index (κ2) is 9.23. The molecule has 7 heteroatoms. The van der Waals surface area contributed by atoms with Crippen molar-refractivity contribution in [3.05, 3.63) is 95.9 Å². The van der Waals surface area contributed by atoms with Crippen LogP contribution in [-0.4, -0.2) is 17.7 Å². The highest BCUT2D eigenvalue weighted by molar-refractivity contribution is 6.08. The molecule has 0 saturated heterocycles. The first kappa shape index (κ1) is 21.5. The fourth-order valence-electron chi connectivity index (χ4n) is 3.70. The summed E-state index contributed by atoms with van der Waals surface area (Å²) >= 11 is 0. The van der Waals surface area contributed by atoms with Crippen molar-refractivity contribution in [3.63, 3.8) is 0 Å². The molecule has 0 aliphatic heterocycles. The van der Waals surface area contributed by atoms with Gasteiger partial charge in [0.1, 0.15) is 0 Å². The van der Waals surface area contributed by atoms with E-state index in [1.165, 1.54) is 6.26 Å². The van der Waals surface area contributed by atoms with Crippen molar-refractivity contribution in [1.29, 1.82) is 0 Å². The monoisotopic (exact) mass is 453 g/mol. The van der Waals surface area contributed by atoms with E-state index in [-0.39, 0.29) is 29.4 Å². The topological polar surface area (TPSA) is 100 Å². The summed E-state index contributed by atoms with van der Waals surface area (Å²) in [5.41, 5.74) is 2.43. The van der Waals surface area contributed by atoms with E-state index in [2.05, 4.69) is 16.0 Å². The average molecular weight is 453 g/mol. The van der Waals surface area contributed by atoms with Gasteiger partial charge in [-0.05, 0) is 65.6 Å². The fourth-order valence-corrected chi connectivity index (χ4v) is 3.70. The Morgan fingerprint density at radius 1 is 0.824 bits per heavy atom. The number of furan rings is 1. The summed E-state index contributed by atoms with van der Waals surface area (Å²) in [5.74, 6) is -0.378. The second-order valence-corrected chi connectivity index (χ2v) is 8.32. The van der Waals surface area contributed by atoms with Crippen LogP contribution in [0.1, 0.15) is 39.3 Å². The maximum Gasteiger partial charge on any atom is 0.291 e. The molecule has 34 heavy (non-hydrogen) atoms. The third-order valence-corrected chi connectivity index (χ3v) is 5.75. The number of carbonyl (C=O) groups excluding carboxylic acids is 3. The maximum absolute atomic E-state index is 13.1. The van der Waals surface area contributed by atoms with Gasteiger partial charge in [0, 0.05) is 18.2 Å². The van der Waals surface area contributed by atoms with E-state index in [1.807, 2.05) is 42.5 Å². The van der Waals surface area contributed by atoms with E-state index in [4.69, 9.17) is 4.42 Å². The Morgan fingerprint density at radius 3 is 2.24 bits per heavy atom. The molecule has 0 spiro atoms. The lowest BCUT2D eigenvalue weighted by atomic mass is 10.0. The Bertz CT molecular complexity index is 1360. The number of nitrogens with one attached hydrogen (secondary N) is 3. The molecular formula is C27H23N3O4. The van der Waals surface area contributed by atoms with Crippen LogP contribution in [0.25, 0.3) is 10.8 Å². The maximum atomic E-state index is 13.1. The minimum absolute atomic E-state index is 0.0363. The number of amides is 3. The Kier molecular flexibility index (Phi) is 5.82. The summed E-state index contributed by atoms with van der Waals surface area (Å²) in [6.07, 6.45) is 3.22. The smallest absolute Gasteiger partial charge is 0.291 e. The van der Waals surface area contributed by atoms with Crippen LogP contribution in [0.2, 0.25) is 0 Å². The molecule has 4 aromatic rings. The van der Waals surface area contributed by atoms with Crippen LogP contribution in [0.15, 0.2) is 83.5 Å². The number of benzene rings is 3. The minimum Gasteiger partial charge on any atom is -0.459 e. The molecule has 1 fully saturated rings. The van der Waals surface area contributed by atoms with Gasteiger partial charge in [-0.2, -0.15) is 0 Å². The van der Waals surface area contributed by atoms with Crippen LogP contribution in [0.3, 0.4) is 0 Å². The summed E-state index contributed by atoms with van der Waals surface area (Å²) < 4.78 is 5.09. The summed E-state index contributed by atoms with van der Waals surface area (Å²) in [4.78, 5) is 37.5. The zero-order valence-corrected chi connectivity index (χ0v) is 18.3. The van der Waals surface area contributed by atoms with Crippen molar-refractivity contribution in [1.82, 2.24) is 5.32 Å². The van der Waals surface area contributed by atoms with E-state index in [0.29, 0.717) is 23.5 Å². The van der Waals surface area contributed by atoms with E-state index in [9.17, 15) is 14.4 Å². The molecule has 1 heterocycles. The Balaban J connectivity index is 1.27. The Labute approximate surface area is 196 Å². The van der Waals surface area contributed by atoms with Crippen molar-refractivity contribution in [2.24, 2.45) is 5.92 Å². The lowest BCUT2D eigenvalue weighted by Gasteiger charge is -2.13. The first-order chi connectivity index (χ1) is 16.6. The zero-order valence-electron chi connectivity index (χ0n) is 18.3. The molecular weight excluding hydrogens is 430 g/mol. The first-order valence-corrected chi connectivity index (χ1v) is 11.1. The molecule has 1 aliphatic rings. The summed E-state index contributed by atoms with van der Waals surface area (Å²) in [7, 11) is 0. The van der Waals surface area contributed by atoms with Gasteiger partial charge < -0.3 is 20.4 Å². The van der Waals surface area contributed by atoms with Crippen molar-refractivity contribution in [2.75, 3.05) is 10.6 Å². The van der Waals surface area contributed by atoms with Crippen molar-refractivity contribution in [3.8, 4) is 0 Å². The van der Waals surface area contributed by atoms with E-state index < -0.39 is 0 Å². The molecule has 0 atom stereocenters. The van der Waals surface area contributed by atoms with Crippen LogP contribution < -0.4 is 16.0 Å². The Hall–Kier alpha value is -4.39. The summed E-state index contributed by atoms with van der Waals surface area (Å²) in [6, 6.07) is 21.8. The number of fused-ring (bicyclic) bond motifs is 1. The molecule has 0 radical (unpaired) electrons. The molecule has 170 valence electrons. The summed E-state index contributed by atoms with van der Waals surface area (Å²) in [5, 5.41) is 10.5.